The molecule has 1 atom stereocenters. The Bertz CT molecular complexity index is 455. The van der Waals surface area contributed by atoms with Gasteiger partial charge in [-0.15, -0.1) is 0 Å². The fourth-order valence-electron chi connectivity index (χ4n) is 2.06. The summed E-state index contributed by atoms with van der Waals surface area (Å²) in [5.41, 5.74) is 0. The first-order valence-corrected chi connectivity index (χ1v) is 12.1. The number of hydrogen-bond donors (Lipinski definition) is 3. The second-order valence-corrected chi connectivity index (χ2v) is 8.63. The third kappa shape index (κ3) is 20.1. The molecule has 8 nitrogen and oxygen atoms in total. The summed E-state index contributed by atoms with van der Waals surface area (Å²) in [7, 11) is -4.84. The van der Waals surface area contributed by atoms with Gasteiger partial charge in [0.15, 0.2) is 5.25 Å². The van der Waals surface area contributed by atoms with E-state index in [4.69, 9.17) is 19.5 Å². The molecule has 10 heteroatoms. The Morgan fingerprint density at radius 2 is 1.46 bits per heavy atom. The maximum atomic E-state index is 10.2. The van der Waals surface area contributed by atoms with Crippen LogP contribution in [0.15, 0.2) is 0 Å². The van der Waals surface area contributed by atoms with Crippen molar-refractivity contribution in [1.29, 1.82) is 0 Å². The molecule has 0 fully saturated rings. The third-order valence-electron chi connectivity index (χ3n) is 3.49. The molecule has 0 saturated carbocycles. The van der Waals surface area contributed by atoms with Gasteiger partial charge in [-0.2, -0.15) is 8.42 Å². The van der Waals surface area contributed by atoms with Crippen LogP contribution in [0.1, 0.15) is 64.7 Å². The summed E-state index contributed by atoms with van der Waals surface area (Å²) in [6.45, 7) is 4.27. The van der Waals surface area contributed by atoms with Gasteiger partial charge >= 0.3 is 113 Å². The van der Waals surface area contributed by atoms with Gasteiger partial charge in [-0.3, -0.25) is 14.1 Å². The van der Waals surface area contributed by atoms with Crippen LogP contribution >= 0.6 is 0 Å². The topological polar surface area (TPSA) is 138 Å². The van der Waals surface area contributed by atoms with Crippen LogP contribution in [-0.2, 0) is 24.4 Å². The van der Waals surface area contributed by atoms with E-state index in [0.29, 0.717) is 0 Å². The Kier molecular flexibility index (Phi) is 19.6. The van der Waals surface area contributed by atoms with Crippen molar-refractivity contribution in [2.24, 2.45) is 0 Å². The van der Waals surface area contributed by atoms with Crippen molar-refractivity contribution in [3.63, 3.8) is 0 Å². The smallest absolute Gasteiger partial charge is 0.325 e. The van der Waals surface area contributed by atoms with E-state index >= 15 is 0 Å². The van der Waals surface area contributed by atoms with E-state index < -0.39 is 33.7 Å². The molecule has 150 valence electrons. The minimum atomic E-state index is -4.84. The van der Waals surface area contributed by atoms with Gasteiger partial charge in [0, 0.05) is 0 Å². The van der Waals surface area contributed by atoms with Crippen LogP contribution in [0.4, 0.5) is 0 Å². The van der Waals surface area contributed by atoms with Crippen LogP contribution in [0.25, 0.3) is 0 Å². The quantitative estimate of drug-likeness (QED) is 0.214. The van der Waals surface area contributed by atoms with Crippen molar-refractivity contribution in [1.82, 2.24) is 0 Å². The molecule has 0 heterocycles. The van der Waals surface area contributed by atoms with Crippen molar-refractivity contribution in [3.8, 4) is 0 Å². The average Bonchev–Trinajstić information content (AvgIpc) is 2.53. The molecule has 26 heavy (non-hydrogen) atoms. The Balaban J connectivity index is 0. The number of unbranched alkanes of at least 4 members (excludes halogenated alkanes) is 7. The number of hydrogen-bond acceptors (Lipinski definition) is 5. The van der Waals surface area contributed by atoms with Crippen molar-refractivity contribution >= 4 is 50.0 Å². The molecule has 3 N–H and O–H groups in total. The number of rotatable bonds is 15. The van der Waals surface area contributed by atoms with Crippen LogP contribution in [0.2, 0.25) is 3.67 Å². The molecule has 0 aliphatic heterocycles. The summed E-state index contributed by atoms with van der Waals surface area (Å²) in [4.78, 5) is 20.0. The summed E-state index contributed by atoms with van der Waals surface area (Å²) < 4.78 is 35.4. The van der Waals surface area contributed by atoms with E-state index in [1.165, 1.54) is 83.0 Å². The van der Waals surface area contributed by atoms with Gasteiger partial charge in [0.1, 0.15) is 0 Å². The SMILES string of the molecule is CCCCCCCCCCOC[CH2][Na].O=C(O)CC(C(=O)O)S(=O)(=O)O. The van der Waals surface area contributed by atoms with E-state index in [1.807, 2.05) is 0 Å². The maximum absolute atomic E-state index is 10.2. The van der Waals surface area contributed by atoms with Gasteiger partial charge in [0.05, 0.1) is 6.42 Å². The summed E-state index contributed by atoms with van der Waals surface area (Å²) in [6.07, 6.45) is 9.98. The molecule has 0 aliphatic carbocycles. The normalized spacial score (nSPS) is 12.2. The van der Waals surface area contributed by atoms with Crippen LogP contribution in [0.3, 0.4) is 0 Å². The predicted octanol–water partition coefficient (Wildman–Crippen LogP) is 2.53. The van der Waals surface area contributed by atoms with E-state index in [9.17, 15) is 18.0 Å². The van der Waals surface area contributed by atoms with Gasteiger partial charge in [-0.1, -0.05) is 6.92 Å². The second kappa shape index (κ2) is 18.2. The molecule has 0 bridgehead atoms. The van der Waals surface area contributed by atoms with Crippen LogP contribution < -0.4 is 0 Å². The molecule has 0 aromatic heterocycles. The van der Waals surface area contributed by atoms with Crippen LogP contribution in [0, 0.1) is 0 Å². The third-order valence-corrected chi connectivity index (χ3v) is 4.98. The summed E-state index contributed by atoms with van der Waals surface area (Å²) in [6, 6.07) is 0. The molecule has 0 aliphatic rings. The zero-order valence-electron chi connectivity index (χ0n) is 15.9. The summed E-state index contributed by atoms with van der Waals surface area (Å²) >= 11 is 1.28. The number of ether oxygens (including phenoxy) is 1. The van der Waals surface area contributed by atoms with E-state index in [1.54, 1.807) is 0 Å². The zero-order chi connectivity index (χ0) is 20.4. The van der Waals surface area contributed by atoms with Crippen molar-refractivity contribution in [2.45, 2.75) is 73.6 Å². The Labute approximate surface area is 173 Å². The van der Waals surface area contributed by atoms with Crippen LogP contribution in [-0.4, -0.2) is 81.5 Å². The Morgan fingerprint density at radius 1 is 0.962 bits per heavy atom. The Morgan fingerprint density at radius 3 is 1.81 bits per heavy atom. The zero-order valence-corrected chi connectivity index (χ0v) is 18.7. The van der Waals surface area contributed by atoms with Crippen molar-refractivity contribution < 1.29 is 37.5 Å². The molecular formula is C16H31NaO8S. The van der Waals surface area contributed by atoms with Crippen molar-refractivity contribution in [3.05, 3.63) is 0 Å². The number of carbonyl (C=O) groups is 2. The monoisotopic (exact) mass is 406 g/mol. The maximum Gasteiger partial charge on any atom is 0.325 e. The van der Waals surface area contributed by atoms with Gasteiger partial charge in [-0.25, -0.2) is 0 Å². The molecule has 0 saturated heterocycles. The largest absolute Gasteiger partial charge is 0.481 e. The molecule has 1 unspecified atom stereocenters. The molecule has 0 aromatic rings. The average molecular weight is 406 g/mol. The second-order valence-electron chi connectivity index (χ2n) is 6.03. The van der Waals surface area contributed by atoms with Crippen LogP contribution in [0.5, 0.6) is 0 Å². The Hall–Kier alpha value is -0.190. The first-order valence-electron chi connectivity index (χ1n) is 9.15. The number of carboxylic acid groups (broad SMARTS) is 2. The minimum absolute atomic E-state index is 0.997. The van der Waals surface area contributed by atoms with Crippen molar-refractivity contribution in [2.75, 3.05) is 13.2 Å². The van der Waals surface area contributed by atoms with Gasteiger partial charge in [-0.05, 0) is 0 Å². The molecule has 0 spiro atoms. The fraction of sp³-hybridized carbons (Fsp3) is 0.875. The molecule has 0 amide bonds. The predicted molar refractivity (Wildman–Crippen MR) is 99.2 cm³/mol. The molecule has 0 radical (unpaired) electrons. The summed E-state index contributed by atoms with van der Waals surface area (Å²) in [5.74, 6) is -3.50. The minimum Gasteiger partial charge on any atom is -0.481 e. The standard InChI is InChI=1S/C12H25O.C4H6O7S.Na/c1-3-5-6-7-8-9-10-11-12-13-4-2;5-3(6)1-2(4(7)8)12(9,10)11;/h2-12H2,1H3;2H,1H2,(H,5,6)(H,7,8)(H,9,10,11);. The van der Waals surface area contributed by atoms with E-state index in [-0.39, 0.29) is 0 Å². The fourth-order valence-corrected chi connectivity index (χ4v) is 2.96. The molecule has 0 aromatic carbocycles. The first kappa shape index (κ1) is 28.0. The van der Waals surface area contributed by atoms with E-state index in [2.05, 4.69) is 6.92 Å². The molecule has 0 rings (SSSR count). The van der Waals surface area contributed by atoms with Gasteiger partial charge < -0.3 is 10.2 Å². The molecular weight excluding hydrogens is 375 g/mol. The summed E-state index contributed by atoms with van der Waals surface area (Å²) in [5, 5.41) is 13.9. The van der Waals surface area contributed by atoms with E-state index in [0.717, 1.165) is 13.2 Å². The van der Waals surface area contributed by atoms with Gasteiger partial charge in [0.2, 0.25) is 0 Å². The number of aliphatic carboxylic acids is 2. The first-order chi connectivity index (χ1) is 12.2. The van der Waals surface area contributed by atoms with Gasteiger partial charge in [0.25, 0.3) is 10.1 Å². The number of carboxylic acids is 2.